The van der Waals surface area contributed by atoms with Gasteiger partial charge in [-0.1, -0.05) is 6.08 Å². The molecule has 0 saturated carbocycles. The summed E-state index contributed by atoms with van der Waals surface area (Å²) in [5.41, 5.74) is 0. The second-order valence-electron chi connectivity index (χ2n) is 1.13. The van der Waals surface area contributed by atoms with Crippen LogP contribution >= 0.6 is 22.6 Å². The van der Waals surface area contributed by atoms with Crippen molar-refractivity contribution in [3.63, 3.8) is 0 Å². The summed E-state index contributed by atoms with van der Waals surface area (Å²) in [5.74, 6) is 0. The van der Waals surface area contributed by atoms with Gasteiger partial charge in [-0.2, -0.15) is 13.2 Å². The molecule has 0 aromatic rings. The maximum absolute atomic E-state index is 11.4. The van der Waals surface area contributed by atoms with Gasteiger partial charge < -0.3 is 0 Å². The van der Waals surface area contributed by atoms with Crippen molar-refractivity contribution >= 4 is 22.6 Å². The Morgan fingerprint density at radius 3 is 1.88 bits per heavy atom. The average Bonchev–Trinajstić information content (AvgIpc) is 1.62. The Bertz CT molecular complexity index is 102. The number of allylic oxidation sites excluding steroid dienone is 2. The molecule has 8 heavy (non-hydrogen) atoms. The van der Waals surface area contributed by atoms with Crippen molar-refractivity contribution in [2.75, 3.05) is 0 Å². The summed E-state index contributed by atoms with van der Waals surface area (Å²) in [6.07, 6.45) is -3.12. The highest BCUT2D eigenvalue weighted by molar-refractivity contribution is 14.1. The molecule has 0 radical (unpaired) electrons. The fourth-order valence-electron chi connectivity index (χ4n) is 0.164. The van der Waals surface area contributed by atoms with Gasteiger partial charge in [-0.05, 0) is 29.5 Å². The Morgan fingerprint density at radius 2 is 1.88 bits per heavy atom. The Hall–Kier alpha value is 0.260. The Labute approximate surface area is 58.9 Å². The van der Waals surface area contributed by atoms with Crippen molar-refractivity contribution in [1.29, 1.82) is 0 Å². The lowest BCUT2D eigenvalue weighted by atomic mass is 10.5. The van der Waals surface area contributed by atoms with Crippen molar-refractivity contribution in [2.45, 2.75) is 13.1 Å². The highest BCUT2D eigenvalue weighted by atomic mass is 127. The van der Waals surface area contributed by atoms with E-state index >= 15 is 0 Å². The third-order valence-corrected chi connectivity index (χ3v) is 1.76. The van der Waals surface area contributed by atoms with Crippen LogP contribution < -0.4 is 0 Å². The second kappa shape index (κ2) is 2.70. The summed E-state index contributed by atoms with van der Waals surface area (Å²) >= 11 is 1.25. The monoisotopic (exact) mass is 236 g/mol. The molecule has 0 aromatic carbocycles. The minimum atomic E-state index is -4.14. The summed E-state index contributed by atoms with van der Waals surface area (Å²) in [5, 5.41) is 0. The van der Waals surface area contributed by atoms with Crippen LogP contribution in [0, 0.1) is 0 Å². The van der Waals surface area contributed by atoms with E-state index in [2.05, 4.69) is 0 Å². The van der Waals surface area contributed by atoms with Crippen molar-refractivity contribution in [1.82, 2.24) is 0 Å². The van der Waals surface area contributed by atoms with Gasteiger partial charge in [-0.25, -0.2) is 0 Å². The van der Waals surface area contributed by atoms with E-state index in [1.165, 1.54) is 29.5 Å². The molecule has 0 fully saturated rings. The van der Waals surface area contributed by atoms with Gasteiger partial charge in [0.15, 0.2) is 0 Å². The zero-order valence-electron chi connectivity index (χ0n) is 4.09. The Kier molecular flexibility index (Phi) is 2.79. The molecule has 0 saturated heterocycles. The first-order chi connectivity index (χ1) is 3.48. The molecule has 0 heterocycles. The van der Waals surface area contributed by atoms with E-state index in [0.29, 0.717) is 0 Å². The van der Waals surface area contributed by atoms with Crippen LogP contribution in [0.4, 0.5) is 13.2 Å². The molecule has 0 aromatic heterocycles. The number of hydrogen-bond donors (Lipinski definition) is 0. The first kappa shape index (κ1) is 8.26. The minimum Gasteiger partial charge on any atom is -0.166 e. The third-order valence-electron chi connectivity index (χ3n) is 0.524. The largest absolute Gasteiger partial charge is 0.421 e. The number of rotatable bonds is 0. The van der Waals surface area contributed by atoms with Gasteiger partial charge in [0.05, 0.1) is 3.58 Å². The standard InChI is InChI=1S/C4H4F3I/c1-2-3(8)4(5,6)7/h2H,1H3. The van der Waals surface area contributed by atoms with Gasteiger partial charge in [-0.3, -0.25) is 0 Å². The molecule has 0 unspecified atom stereocenters. The Balaban J connectivity index is 4.03. The zero-order chi connectivity index (χ0) is 6.78. The maximum atomic E-state index is 11.4. The molecule has 0 aliphatic heterocycles. The van der Waals surface area contributed by atoms with Crippen LogP contribution in [0.5, 0.6) is 0 Å². The van der Waals surface area contributed by atoms with Crippen molar-refractivity contribution in [2.24, 2.45) is 0 Å². The summed E-state index contributed by atoms with van der Waals surface area (Å²) in [6, 6.07) is 0. The summed E-state index contributed by atoms with van der Waals surface area (Å²) in [4.78, 5) is 0. The number of halogens is 4. The van der Waals surface area contributed by atoms with Crippen LogP contribution in [0.25, 0.3) is 0 Å². The lowest BCUT2D eigenvalue weighted by Gasteiger charge is -2.01. The third kappa shape index (κ3) is 2.54. The Morgan fingerprint density at radius 1 is 1.50 bits per heavy atom. The highest BCUT2D eigenvalue weighted by Gasteiger charge is 2.30. The number of alkyl halides is 3. The SMILES string of the molecule is CC=C(I)C(F)(F)F. The molecule has 0 N–H and O–H groups in total. The van der Waals surface area contributed by atoms with Crippen LogP contribution in [0.3, 0.4) is 0 Å². The van der Waals surface area contributed by atoms with Crippen LogP contribution in [0.1, 0.15) is 6.92 Å². The predicted octanol–water partition coefficient (Wildman–Crippen LogP) is 2.89. The fourth-order valence-corrected chi connectivity index (χ4v) is 0.164. The molecule has 0 bridgehead atoms. The average molecular weight is 236 g/mol. The topological polar surface area (TPSA) is 0 Å². The van der Waals surface area contributed by atoms with E-state index < -0.39 is 9.76 Å². The lowest BCUT2D eigenvalue weighted by molar-refractivity contribution is -0.0818. The fraction of sp³-hybridized carbons (Fsp3) is 0.500. The maximum Gasteiger partial charge on any atom is 0.421 e. The van der Waals surface area contributed by atoms with E-state index in [1.807, 2.05) is 0 Å². The van der Waals surface area contributed by atoms with Gasteiger partial charge in [0, 0.05) is 0 Å². The van der Waals surface area contributed by atoms with Gasteiger partial charge >= 0.3 is 6.18 Å². The summed E-state index contributed by atoms with van der Waals surface area (Å²) in [7, 11) is 0. The van der Waals surface area contributed by atoms with Crippen LogP contribution in [0.15, 0.2) is 9.66 Å². The van der Waals surface area contributed by atoms with Crippen molar-refractivity contribution < 1.29 is 13.2 Å². The molecule has 0 amide bonds. The summed E-state index contributed by atoms with van der Waals surface area (Å²) in [6.45, 7) is 1.36. The quantitative estimate of drug-likeness (QED) is 0.567. The van der Waals surface area contributed by atoms with E-state index in [9.17, 15) is 13.2 Å². The molecular formula is C4H4F3I. The summed E-state index contributed by atoms with van der Waals surface area (Å²) < 4.78 is 33.5. The highest BCUT2D eigenvalue weighted by Crippen LogP contribution is 2.29. The van der Waals surface area contributed by atoms with E-state index in [-0.39, 0.29) is 0 Å². The number of hydrogen-bond acceptors (Lipinski definition) is 0. The first-order valence-corrected chi connectivity index (χ1v) is 2.95. The van der Waals surface area contributed by atoms with Crippen molar-refractivity contribution in [3.05, 3.63) is 9.66 Å². The molecule has 0 rings (SSSR count). The van der Waals surface area contributed by atoms with Crippen LogP contribution in [-0.4, -0.2) is 6.18 Å². The van der Waals surface area contributed by atoms with Gasteiger partial charge in [0.2, 0.25) is 0 Å². The molecule has 0 spiro atoms. The zero-order valence-corrected chi connectivity index (χ0v) is 6.25. The van der Waals surface area contributed by atoms with Crippen molar-refractivity contribution in [3.8, 4) is 0 Å². The van der Waals surface area contributed by atoms with Gasteiger partial charge in [-0.15, -0.1) is 0 Å². The minimum absolute atomic E-state index is 0.574. The molecule has 4 heteroatoms. The second-order valence-corrected chi connectivity index (χ2v) is 2.30. The molecular weight excluding hydrogens is 232 g/mol. The lowest BCUT2D eigenvalue weighted by Crippen LogP contribution is -2.05. The van der Waals surface area contributed by atoms with Crippen LogP contribution in [-0.2, 0) is 0 Å². The van der Waals surface area contributed by atoms with E-state index in [1.54, 1.807) is 0 Å². The van der Waals surface area contributed by atoms with E-state index in [0.717, 1.165) is 6.08 Å². The molecule has 0 nitrogen and oxygen atoms in total. The molecule has 0 aliphatic rings. The molecule has 0 atom stereocenters. The predicted molar refractivity (Wildman–Crippen MR) is 33.8 cm³/mol. The molecule has 48 valence electrons. The van der Waals surface area contributed by atoms with Gasteiger partial charge in [0.25, 0.3) is 0 Å². The first-order valence-electron chi connectivity index (χ1n) is 1.87. The smallest absolute Gasteiger partial charge is 0.166 e. The van der Waals surface area contributed by atoms with Crippen LogP contribution in [0.2, 0.25) is 0 Å². The molecule has 0 aliphatic carbocycles. The van der Waals surface area contributed by atoms with E-state index in [4.69, 9.17) is 0 Å². The normalized spacial score (nSPS) is 14.4. The van der Waals surface area contributed by atoms with Gasteiger partial charge in [0.1, 0.15) is 0 Å².